The van der Waals surface area contributed by atoms with Gasteiger partial charge in [-0.2, -0.15) is 0 Å². The van der Waals surface area contributed by atoms with E-state index in [1.54, 1.807) is 42.5 Å². The number of alkyl halides is 1. The van der Waals surface area contributed by atoms with Gasteiger partial charge in [0, 0.05) is 17.4 Å². The highest BCUT2D eigenvalue weighted by Crippen LogP contribution is 2.30. The van der Waals surface area contributed by atoms with Crippen LogP contribution in [-0.4, -0.2) is 6.54 Å². The summed E-state index contributed by atoms with van der Waals surface area (Å²) < 4.78 is 29.3. The van der Waals surface area contributed by atoms with E-state index in [2.05, 4.69) is 15.9 Å². The minimum absolute atomic E-state index is 0.0768. The largest absolute Gasteiger partial charge is 0.327 e. The van der Waals surface area contributed by atoms with E-state index >= 15 is 0 Å². The molecule has 2 rings (SSSR count). The summed E-state index contributed by atoms with van der Waals surface area (Å²) in [6.07, 6.45) is -0.0768. The molecule has 0 spiro atoms. The summed E-state index contributed by atoms with van der Waals surface area (Å²) in [4.78, 5) is 0. The highest BCUT2D eigenvalue weighted by atomic mass is 79.9. The lowest BCUT2D eigenvalue weighted by atomic mass is 9.89. The summed E-state index contributed by atoms with van der Waals surface area (Å²) in [5.41, 5.74) is 4.60. The number of hydrogen-bond acceptors (Lipinski definition) is 1. The number of halogens is 3. The molecule has 0 aliphatic rings. The maximum absolute atomic E-state index is 14.9. The van der Waals surface area contributed by atoms with Gasteiger partial charge in [-0.1, -0.05) is 52.3 Å². The van der Waals surface area contributed by atoms with Crippen LogP contribution in [0, 0.1) is 5.82 Å². The van der Waals surface area contributed by atoms with Gasteiger partial charge in [0.15, 0.2) is 5.67 Å². The van der Waals surface area contributed by atoms with Crippen molar-refractivity contribution in [2.24, 2.45) is 5.73 Å². The Morgan fingerprint density at radius 3 is 2.37 bits per heavy atom. The molecule has 2 aromatic carbocycles. The number of nitrogens with two attached hydrogens (primary N) is 1. The minimum atomic E-state index is -1.75. The van der Waals surface area contributed by atoms with Crippen LogP contribution < -0.4 is 5.73 Å². The Hall–Kier alpha value is -1.26. The molecule has 100 valence electrons. The van der Waals surface area contributed by atoms with Crippen LogP contribution in [0.3, 0.4) is 0 Å². The van der Waals surface area contributed by atoms with Gasteiger partial charge in [0.2, 0.25) is 0 Å². The Balaban J connectivity index is 2.33. The lowest BCUT2D eigenvalue weighted by Crippen LogP contribution is -2.33. The molecule has 0 heterocycles. The van der Waals surface area contributed by atoms with E-state index in [0.29, 0.717) is 15.6 Å². The summed E-state index contributed by atoms with van der Waals surface area (Å²) >= 11 is 3.18. The van der Waals surface area contributed by atoms with Crippen LogP contribution >= 0.6 is 15.9 Å². The highest BCUT2D eigenvalue weighted by Gasteiger charge is 2.31. The molecule has 1 unspecified atom stereocenters. The first-order valence-corrected chi connectivity index (χ1v) is 6.73. The van der Waals surface area contributed by atoms with Crippen molar-refractivity contribution in [3.63, 3.8) is 0 Å². The Kier molecular flexibility index (Phi) is 4.32. The lowest BCUT2D eigenvalue weighted by Gasteiger charge is -2.24. The number of rotatable bonds is 4. The van der Waals surface area contributed by atoms with E-state index in [-0.39, 0.29) is 13.0 Å². The van der Waals surface area contributed by atoms with Crippen molar-refractivity contribution in [3.05, 3.63) is 69.9 Å². The normalized spacial score (nSPS) is 14.1. The van der Waals surface area contributed by atoms with Gasteiger partial charge in [0.25, 0.3) is 0 Å². The maximum atomic E-state index is 14.9. The van der Waals surface area contributed by atoms with Crippen LogP contribution in [0.2, 0.25) is 0 Å². The molecule has 19 heavy (non-hydrogen) atoms. The van der Waals surface area contributed by atoms with Gasteiger partial charge < -0.3 is 5.73 Å². The van der Waals surface area contributed by atoms with E-state index in [1.807, 2.05) is 0 Å². The van der Waals surface area contributed by atoms with Crippen LogP contribution in [0.15, 0.2) is 53.0 Å². The fourth-order valence-electron chi connectivity index (χ4n) is 2.00. The summed E-state index contributed by atoms with van der Waals surface area (Å²) in [6, 6.07) is 13.2. The van der Waals surface area contributed by atoms with E-state index in [4.69, 9.17) is 5.73 Å². The predicted octanol–water partition coefficient (Wildman–Crippen LogP) is 3.95. The second-order valence-electron chi connectivity index (χ2n) is 4.45. The van der Waals surface area contributed by atoms with Crippen LogP contribution in [0.25, 0.3) is 0 Å². The first-order chi connectivity index (χ1) is 9.05. The van der Waals surface area contributed by atoms with Crippen molar-refractivity contribution < 1.29 is 8.78 Å². The summed E-state index contributed by atoms with van der Waals surface area (Å²) in [5.74, 6) is -0.430. The Morgan fingerprint density at radius 2 is 1.79 bits per heavy atom. The van der Waals surface area contributed by atoms with Gasteiger partial charge >= 0.3 is 0 Å². The van der Waals surface area contributed by atoms with Crippen LogP contribution in [0.5, 0.6) is 0 Å². The first kappa shape index (κ1) is 14.2. The molecule has 1 nitrogen and oxygen atoms in total. The molecule has 4 heteroatoms. The zero-order valence-corrected chi connectivity index (χ0v) is 11.8. The average molecular weight is 326 g/mol. The molecular formula is C15H14BrF2N. The van der Waals surface area contributed by atoms with Crippen LogP contribution in [0.1, 0.15) is 11.1 Å². The zero-order chi connectivity index (χ0) is 13.9. The molecule has 0 aliphatic heterocycles. The molecule has 2 N–H and O–H groups in total. The molecule has 0 fully saturated rings. The molecule has 0 saturated heterocycles. The molecule has 0 aromatic heterocycles. The van der Waals surface area contributed by atoms with E-state index in [9.17, 15) is 8.78 Å². The van der Waals surface area contributed by atoms with Crippen LogP contribution in [0.4, 0.5) is 8.78 Å². The number of benzene rings is 2. The quantitative estimate of drug-likeness (QED) is 0.904. The van der Waals surface area contributed by atoms with Crippen molar-refractivity contribution in [2.75, 3.05) is 6.54 Å². The molecule has 0 amide bonds. The molecule has 1 atom stereocenters. The van der Waals surface area contributed by atoms with Gasteiger partial charge in [0.1, 0.15) is 5.82 Å². The van der Waals surface area contributed by atoms with Crippen molar-refractivity contribution in [1.82, 2.24) is 0 Å². The van der Waals surface area contributed by atoms with E-state index < -0.39 is 11.5 Å². The summed E-state index contributed by atoms with van der Waals surface area (Å²) in [5, 5.41) is 0. The van der Waals surface area contributed by atoms with Gasteiger partial charge in [-0.25, -0.2) is 8.78 Å². The number of hydrogen-bond donors (Lipinski definition) is 1. The van der Waals surface area contributed by atoms with Gasteiger partial charge in [0.05, 0.1) is 0 Å². The van der Waals surface area contributed by atoms with Crippen molar-refractivity contribution in [2.45, 2.75) is 12.1 Å². The van der Waals surface area contributed by atoms with Gasteiger partial charge in [-0.15, -0.1) is 0 Å². The Morgan fingerprint density at radius 1 is 1.11 bits per heavy atom. The topological polar surface area (TPSA) is 26.0 Å². The smallest absolute Gasteiger partial charge is 0.152 e. The second-order valence-corrected chi connectivity index (χ2v) is 5.36. The summed E-state index contributed by atoms with van der Waals surface area (Å²) in [7, 11) is 0. The third-order valence-corrected chi connectivity index (χ3v) is 3.59. The maximum Gasteiger partial charge on any atom is 0.152 e. The molecule has 2 aromatic rings. The average Bonchev–Trinajstić information content (AvgIpc) is 2.43. The van der Waals surface area contributed by atoms with Crippen molar-refractivity contribution in [3.8, 4) is 0 Å². The van der Waals surface area contributed by atoms with Crippen molar-refractivity contribution in [1.29, 1.82) is 0 Å². The summed E-state index contributed by atoms with van der Waals surface area (Å²) in [6.45, 7) is -0.188. The molecule has 0 radical (unpaired) electrons. The zero-order valence-electron chi connectivity index (χ0n) is 10.2. The van der Waals surface area contributed by atoms with Gasteiger partial charge in [-0.3, -0.25) is 0 Å². The molecule has 0 saturated carbocycles. The van der Waals surface area contributed by atoms with Crippen LogP contribution in [-0.2, 0) is 12.1 Å². The third kappa shape index (κ3) is 3.19. The second kappa shape index (κ2) is 5.80. The monoisotopic (exact) mass is 325 g/mol. The van der Waals surface area contributed by atoms with E-state index in [1.165, 1.54) is 6.07 Å². The predicted molar refractivity (Wildman–Crippen MR) is 76.1 cm³/mol. The highest BCUT2D eigenvalue weighted by molar-refractivity contribution is 9.10. The van der Waals surface area contributed by atoms with Gasteiger partial charge in [-0.05, 0) is 23.3 Å². The standard InChI is InChI=1S/C15H14BrF2N/c16-13-7-6-11(14(17)8-13)9-15(18,10-19)12-4-2-1-3-5-12/h1-8H,9-10,19H2. The SMILES string of the molecule is NCC(F)(Cc1ccc(Br)cc1F)c1ccccc1. The minimum Gasteiger partial charge on any atom is -0.327 e. The Labute approximate surface area is 119 Å². The fourth-order valence-corrected chi connectivity index (χ4v) is 2.33. The fraction of sp³-hybridized carbons (Fsp3) is 0.200. The lowest BCUT2D eigenvalue weighted by molar-refractivity contribution is 0.173. The Bertz CT molecular complexity index is 559. The molecule has 0 aliphatic carbocycles. The molecule has 0 bridgehead atoms. The van der Waals surface area contributed by atoms with Crippen molar-refractivity contribution >= 4 is 15.9 Å². The molecular weight excluding hydrogens is 312 g/mol. The first-order valence-electron chi connectivity index (χ1n) is 5.93. The van der Waals surface area contributed by atoms with E-state index in [0.717, 1.165) is 0 Å². The third-order valence-electron chi connectivity index (χ3n) is 3.10.